The molecule has 0 N–H and O–H groups in total. The first kappa shape index (κ1) is 67.7. The molecular formula is C62H109NO8. The van der Waals surface area contributed by atoms with Gasteiger partial charge in [-0.15, -0.1) is 0 Å². The van der Waals surface area contributed by atoms with Gasteiger partial charge >= 0.3 is 11.9 Å². The second-order valence-corrected chi connectivity index (χ2v) is 20.6. The van der Waals surface area contributed by atoms with E-state index in [2.05, 4.69) is 68.5 Å². The Kier molecular flexibility index (Phi) is 50.6. The number of nitrogens with zero attached hydrogens (tertiary/aromatic N) is 1. The summed E-state index contributed by atoms with van der Waals surface area (Å²) in [6.45, 7) is 4.53. The second-order valence-electron chi connectivity index (χ2n) is 20.6. The Bertz CT molecular complexity index is 1390. The molecule has 2 atom stereocenters. The number of carbonyl (C=O) groups is 3. The summed E-state index contributed by atoms with van der Waals surface area (Å²) < 4.78 is 22.5. The number of unbranched alkanes of at least 4 members (excludes halogenated alkanes) is 27. The molecule has 0 aromatic rings. The molecule has 71 heavy (non-hydrogen) atoms. The van der Waals surface area contributed by atoms with E-state index < -0.39 is 24.3 Å². The third-order valence-corrected chi connectivity index (χ3v) is 12.5. The van der Waals surface area contributed by atoms with E-state index in [4.69, 9.17) is 18.9 Å². The molecule has 0 aromatic carbocycles. The van der Waals surface area contributed by atoms with Gasteiger partial charge in [-0.2, -0.15) is 0 Å². The van der Waals surface area contributed by atoms with E-state index >= 15 is 0 Å². The Labute approximate surface area is 437 Å². The number of allylic oxidation sites excluding steroid dienone is 11. The summed E-state index contributed by atoms with van der Waals surface area (Å²) in [5, 5.41) is 11.7. The van der Waals surface area contributed by atoms with Gasteiger partial charge in [-0.25, -0.2) is 0 Å². The zero-order valence-corrected chi connectivity index (χ0v) is 46.6. The predicted octanol–water partition coefficient (Wildman–Crippen LogP) is 15.7. The number of rotatable bonds is 53. The van der Waals surface area contributed by atoms with Crippen molar-refractivity contribution in [3.8, 4) is 0 Å². The molecule has 0 aliphatic heterocycles. The molecule has 0 radical (unpaired) electrons. The SMILES string of the molecule is CC/C=C\C/C=C\C/C=C\C/C=C\C/C=C\CC(=O)OC(COC(=O)CCCCCCCCCCCCCCCCCCCCC/C=C\CCCCCCCCCC)COC(OCC[N+](C)(C)C)C(=O)[O-]. The maximum atomic E-state index is 12.7. The minimum Gasteiger partial charge on any atom is -0.545 e. The van der Waals surface area contributed by atoms with E-state index in [1.807, 2.05) is 33.3 Å². The lowest BCUT2D eigenvalue weighted by atomic mass is 10.0. The van der Waals surface area contributed by atoms with Crippen LogP contribution in [0.1, 0.15) is 245 Å². The van der Waals surface area contributed by atoms with Crippen LogP contribution in [-0.2, 0) is 33.3 Å². The van der Waals surface area contributed by atoms with Gasteiger partial charge in [0.15, 0.2) is 12.4 Å². The van der Waals surface area contributed by atoms with Crippen molar-refractivity contribution in [3.05, 3.63) is 72.9 Å². The van der Waals surface area contributed by atoms with Gasteiger partial charge in [0.25, 0.3) is 0 Å². The van der Waals surface area contributed by atoms with Gasteiger partial charge in [-0.1, -0.05) is 241 Å². The van der Waals surface area contributed by atoms with Crippen LogP contribution >= 0.6 is 0 Å². The lowest BCUT2D eigenvalue weighted by molar-refractivity contribution is -0.870. The summed E-state index contributed by atoms with van der Waals surface area (Å²) in [6, 6.07) is 0. The molecule has 9 heteroatoms. The number of hydrogen-bond donors (Lipinski definition) is 0. The minimum atomic E-state index is -1.65. The van der Waals surface area contributed by atoms with Gasteiger partial charge in [0.1, 0.15) is 13.2 Å². The Morgan fingerprint density at radius 3 is 1.25 bits per heavy atom. The van der Waals surface area contributed by atoms with Crippen LogP contribution in [0.15, 0.2) is 72.9 Å². The number of ether oxygens (including phenoxy) is 4. The maximum Gasteiger partial charge on any atom is 0.310 e. The number of esters is 2. The lowest BCUT2D eigenvalue weighted by Crippen LogP contribution is -2.44. The van der Waals surface area contributed by atoms with Crippen LogP contribution in [0.25, 0.3) is 0 Å². The molecule has 0 saturated heterocycles. The van der Waals surface area contributed by atoms with Crippen molar-refractivity contribution in [3.63, 3.8) is 0 Å². The van der Waals surface area contributed by atoms with Crippen molar-refractivity contribution < 1.29 is 42.9 Å². The van der Waals surface area contributed by atoms with Crippen molar-refractivity contribution in [1.29, 1.82) is 0 Å². The number of carboxylic acid groups (broad SMARTS) is 1. The van der Waals surface area contributed by atoms with E-state index in [9.17, 15) is 19.5 Å². The van der Waals surface area contributed by atoms with Gasteiger partial charge in [0.05, 0.1) is 46.7 Å². The van der Waals surface area contributed by atoms with E-state index in [1.165, 1.54) is 167 Å². The molecule has 0 spiro atoms. The second kappa shape index (κ2) is 53.0. The topological polar surface area (TPSA) is 111 Å². The molecule has 9 nitrogen and oxygen atoms in total. The first-order valence-electron chi connectivity index (χ1n) is 29.1. The van der Waals surface area contributed by atoms with E-state index in [0.717, 1.165) is 44.9 Å². The molecule has 0 fully saturated rings. The number of quaternary nitrogens is 1. The summed E-state index contributed by atoms with van der Waals surface area (Å²) >= 11 is 0. The quantitative estimate of drug-likeness (QED) is 0.0195. The third kappa shape index (κ3) is 54.3. The zero-order valence-electron chi connectivity index (χ0n) is 46.6. The van der Waals surface area contributed by atoms with Crippen LogP contribution in [-0.4, -0.2) is 82.3 Å². The number of aliphatic carboxylic acids is 1. The predicted molar refractivity (Wildman–Crippen MR) is 297 cm³/mol. The Morgan fingerprint density at radius 1 is 0.451 bits per heavy atom. The number of likely N-dealkylation sites (N-methyl/N-ethyl adjacent to an activating group) is 1. The van der Waals surface area contributed by atoms with E-state index in [0.29, 0.717) is 17.4 Å². The van der Waals surface area contributed by atoms with Crippen LogP contribution in [0.5, 0.6) is 0 Å². The molecule has 0 rings (SSSR count). The van der Waals surface area contributed by atoms with Crippen LogP contribution < -0.4 is 5.11 Å². The van der Waals surface area contributed by atoms with Crippen LogP contribution in [0.4, 0.5) is 0 Å². The molecule has 0 heterocycles. The van der Waals surface area contributed by atoms with Gasteiger partial charge in [-0.3, -0.25) is 9.59 Å². The van der Waals surface area contributed by atoms with Gasteiger partial charge in [0, 0.05) is 6.42 Å². The van der Waals surface area contributed by atoms with E-state index in [-0.39, 0.29) is 38.6 Å². The standard InChI is InChI=1S/C62H109NO8/c1-6-8-10-12-14-16-18-20-22-23-24-25-26-27-28-29-30-31-32-33-34-35-36-37-39-40-42-44-46-48-50-52-59(64)69-56-58(57-70-62(61(66)67)68-55-54-63(3,4)5)71-60(65)53-51-49-47-45-43-41-38-21-19-17-15-13-11-9-7-2/h9,11,15,17,21,23-24,38,43,45,49,51,58,62H,6-8,10,12-14,16,18-20,22,25-37,39-42,44,46-48,50,52-57H2,1-5H3/b11-9-,17-15-,24-23-,38-21-,45-43-,51-49-. The first-order chi connectivity index (χ1) is 34.6. The van der Waals surface area contributed by atoms with Crippen molar-refractivity contribution in [2.45, 2.75) is 257 Å². The highest BCUT2D eigenvalue weighted by molar-refractivity contribution is 5.71. The Balaban J connectivity index is 4.15. The molecule has 0 aliphatic rings. The maximum absolute atomic E-state index is 12.7. The average molecular weight is 997 g/mol. The van der Waals surface area contributed by atoms with Crippen molar-refractivity contribution >= 4 is 17.9 Å². The zero-order chi connectivity index (χ0) is 52.0. The molecule has 0 amide bonds. The summed E-state index contributed by atoms with van der Waals surface area (Å²) in [7, 11) is 5.89. The molecule has 410 valence electrons. The summed E-state index contributed by atoms with van der Waals surface area (Å²) in [5.74, 6) is -2.45. The van der Waals surface area contributed by atoms with Crippen LogP contribution in [0, 0.1) is 0 Å². The highest BCUT2D eigenvalue weighted by Crippen LogP contribution is 2.16. The Hall–Kier alpha value is -3.27. The molecule has 0 bridgehead atoms. The van der Waals surface area contributed by atoms with Crippen molar-refractivity contribution in [2.75, 3.05) is 47.5 Å². The summed E-state index contributed by atoms with van der Waals surface area (Å²) in [4.78, 5) is 37.1. The van der Waals surface area contributed by atoms with Gasteiger partial charge < -0.3 is 33.3 Å². The van der Waals surface area contributed by atoms with Gasteiger partial charge in [-0.05, 0) is 64.2 Å². The highest BCUT2D eigenvalue weighted by atomic mass is 16.7. The van der Waals surface area contributed by atoms with Crippen LogP contribution in [0.3, 0.4) is 0 Å². The number of hydrogen-bond acceptors (Lipinski definition) is 8. The molecule has 0 saturated carbocycles. The van der Waals surface area contributed by atoms with Crippen molar-refractivity contribution in [2.24, 2.45) is 0 Å². The summed E-state index contributed by atoms with van der Waals surface area (Å²) in [5.41, 5.74) is 0. The highest BCUT2D eigenvalue weighted by Gasteiger charge is 2.21. The van der Waals surface area contributed by atoms with Gasteiger partial charge in [0.2, 0.25) is 0 Å². The number of carbonyl (C=O) groups excluding carboxylic acids is 3. The first-order valence-corrected chi connectivity index (χ1v) is 29.1. The minimum absolute atomic E-state index is 0.0143. The molecule has 0 aliphatic carbocycles. The molecule has 2 unspecified atom stereocenters. The molecule has 0 aromatic heterocycles. The normalized spacial score (nSPS) is 13.3. The fourth-order valence-electron chi connectivity index (χ4n) is 8.02. The fraction of sp³-hybridized carbons (Fsp3) is 0.758. The summed E-state index contributed by atoms with van der Waals surface area (Å²) in [6.07, 6.45) is 65.8. The Morgan fingerprint density at radius 2 is 0.845 bits per heavy atom. The fourth-order valence-corrected chi connectivity index (χ4v) is 8.02. The largest absolute Gasteiger partial charge is 0.545 e. The van der Waals surface area contributed by atoms with Crippen LogP contribution in [0.2, 0.25) is 0 Å². The average Bonchev–Trinajstić information content (AvgIpc) is 3.34. The smallest absolute Gasteiger partial charge is 0.310 e. The monoisotopic (exact) mass is 996 g/mol. The third-order valence-electron chi connectivity index (χ3n) is 12.5. The van der Waals surface area contributed by atoms with E-state index in [1.54, 1.807) is 6.08 Å². The van der Waals surface area contributed by atoms with Crippen molar-refractivity contribution in [1.82, 2.24) is 0 Å². The molecular weight excluding hydrogens is 887 g/mol. The number of carboxylic acids is 1. The lowest BCUT2D eigenvalue weighted by Gasteiger charge is -2.26.